The van der Waals surface area contributed by atoms with Crippen LogP contribution in [0.15, 0.2) is 24.5 Å². The Labute approximate surface area is 104 Å². The molecule has 18 heavy (non-hydrogen) atoms. The van der Waals surface area contributed by atoms with Gasteiger partial charge in [-0.2, -0.15) is 0 Å². The second-order valence-electron chi connectivity index (χ2n) is 4.80. The summed E-state index contributed by atoms with van der Waals surface area (Å²) in [7, 11) is 1.96. The molecular weight excluding hydrogens is 230 g/mol. The van der Waals surface area contributed by atoms with Crippen LogP contribution in [0.4, 0.5) is 0 Å². The van der Waals surface area contributed by atoms with Crippen molar-refractivity contribution >= 4 is 17.0 Å². The number of nitrogens with one attached hydrogen (secondary N) is 1. The molecule has 5 heteroatoms. The van der Waals surface area contributed by atoms with E-state index in [0.29, 0.717) is 13.0 Å². The number of para-hydroxylation sites is 1. The standard InChI is InChI=1S/C13H15N3O2/c1-16-7-15-10-4-2-3-9(12(10)16)11-5-8(6-14-11)13(17)18/h2-4,7-8,11,14H,5-6H2,1H3,(H,17,18). The van der Waals surface area contributed by atoms with Crippen LogP contribution in [0.1, 0.15) is 18.0 Å². The van der Waals surface area contributed by atoms with E-state index in [-0.39, 0.29) is 12.0 Å². The Morgan fingerprint density at radius 2 is 2.39 bits per heavy atom. The van der Waals surface area contributed by atoms with Crippen molar-refractivity contribution < 1.29 is 9.90 Å². The summed E-state index contributed by atoms with van der Waals surface area (Å²) < 4.78 is 1.99. The highest BCUT2D eigenvalue weighted by Crippen LogP contribution is 2.31. The molecular formula is C13H15N3O2. The number of fused-ring (bicyclic) bond motifs is 1. The van der Waals surface area contributed by atoms with Gasteiger partial charge in [-0.15, -0.1) is 0 Å². The second kappa shape index (κ2) is 4.10. The normalized spacial score (nSPS) is 23.6. The highest BCUT2D eigenvalue weighted by Gasteiger charge is 2.31. The summed E-state index contributed by atoms with van der Waals surface area (Å²) in [5.74, 6) is -1.01. The topological polar surface area (TPSA) is 67.2 Å². The zero-order chi connectivity index (χ0) is 12.7. The van der Waals surface area contributed by atoms with Crippen molar-refractivity contribution in [2.75, 3.05) is 6.54 Å². The van der Waals surface area contributed by atoms with E-state index in [1.54, 1.807) is 6.33 Å². The van der Waals surface area contributed by atoms with Gasteiger partial charge < -0.3 is 15.0 Å². The predicted octanol–water partition coefficient (Wildman–Crippen LogP) is 1.31. The molecule has 5 nitrogen and oxygen atoms in total. The van der Waals surface area contributed by atoms with E-state index in [1.165, 1.54) is 0 Å². The molecule has 2 N–H and O–H groups in total. The fraction of sp³-hybridized carbons (Fsp3) is 0.385. The average molecular weight is 245 g/mol. The number of nitrogens with zero attached hydrogens (tertiary/aromatic N) is 2. The average Bonchev–Trinajstić information content (AvgIpc) is 2.96. The van der Waals surface area contributed by atoms with E-state index in [0.717, 1.165) is 16.6 Å². The van der Waals surface area contributed by atoms with Crippen molar-refractivity contribution in [1.82, 2.24) is 14.9 Å². The first kappa shape index (κ1) is 11.2. The number of imidazole rings is 1. The first-order chi connectivity index (χ1) is 8.66. The largest absolute Gasteiger partial charge is 0.481 e. The van der Waals surface area contributed by atoms with Crippen LogP contribution in [-0.2, 0) is 11.8 Å². The van der Waals surface area contributed by atoms with Crippen LogP contribution in [0.25, 0.3) is 11.0 Å². The number of hydrogen-bond donors (Lipinski definition) is 2. The van der Waals surface area contributed by atoms with Crippen molar-refractivity contribution in [3.63, 3.8) is 0 Å². The summed E-state index contributed by atoms with van der Waals surface area (Å²) >= 11 is 0. The molecule has 0 bridgehead atoms. The zero-order valence-electron chi connectivity index (χ0n) is 10.1. The van der Waals surface area contributed by atoms with Gasteiger partial charge in [0.05, 0.1) is 23.3 Å². The summed E-state index contributed by atoms with van der Waals surface area (Å²) in [6, 6.07) is 6.10. The summed E-state index contributed by atoms with van der Waals surface area (Å²) in [6.45, 7) is 0.536. The van der Waals surface area contributed by atoms with Gasteiger partial charge in [0.15, 0.2) is 0 Å². The maximum atomic E-state index is 11.0. The number of carboxylic acid groups (broad SMARTS) is 1. The lowest BCUT2D eigenvalue weighted by Crippen LogP contribution is -2.17. The van der Waals surface area contributed by atoms with Gasteiger partial charge in [-0.1, -0.05) is 12.1 Å². The number of benzene rings is 1. The SMILES string of the molecule is Cn1cnc2cccc(C3CC(C(=O)O)CN3)c21. The molecule has 0 amide bonds. The fourth-order valence-corrected chi connectivity index (χ4v) is 2.69. The molecule has 1 saturated heterocycles. The van der Waals surface area contributed by atoms with Crippen LogP contribution in [0, 0.1) is 5.92 Å². The first-order valence-corrected chi connectivity index (χ1v) is 6.03. The molecule has 1 aliphatic heterocycles. The van der Waals surface area contributed by atoms with Crippen LogP contribution in [0.5, 0.6) is 0 Å². The molecule has 2 unspecified atom stereocenters. The second-order valence-corrected chi connectivity index (χ2v) is 4.80. The molecule has 0 saturated carbocycles. The maximum absolute atomic E-state index is 11.0. The number of hydrogen-bond acceptors (Lipinski definition) is 3. The predicted molar refractivity (Wildman–Crippen MR) is 67.2 cm³/mol. The van der Waals surface area contributed by atoms with Gasteiger partial charge in [0.25, 0.3) is 0 Å². The van der Waals surface area contributed by atoms with Crippen molar-refractivity contribution in [3.05, 3.63) is 30.1 Å². The molecule has 2 heterocycles. The van der Waals surface area contributed by atoms with Crippen molar-refractivity contribution in [2.45, 2.75) is 12.5 Å². The van der Waals surface area contributed by atoms with Gasteiger partial charge in [0, 0.05) is 19.6 Å². The highest BCUT2D eigenvalue weighted by molar-refractivity contribution is 5.80. The molecule has 0 radical (unpaired) electrons. The van der Waals surface area contributed by atoms with Crippen molar-refractivity contribution in [1.29, 1.82) is 0 Å². The number of carbonyl (C=O) groups is 1. The van der Waals surface area contributed by atoms with Crippen molar-refractivity contribution in [2.24, 2.45) is 13.0 Å². The van der Waals surface area contributed by atoms with Crippen LogP contribution in [0.3, 0.4) is 0 Å². The molecule has 2 atom stereocenters. The molecule has 1 aromatic carbocycles. The Morgan fingerprint density at radius 1 is 1.56 bits per heavy atom. The molecule has 3 rings (SSSR count). The minimum Gasteiger partial charge on any atom is -0.481 e. The minimum atomic E-state index is -0.720. The minimum absolute atomic E-state index is 0.102. The van der Waals surface area contributed by atoms with E-state index >= 15 is 0 Å². The van der Waals surface area contributed by atoms with E-state index in [9.17, 15) is 4.79 Å². The third kappa shape index (κ3) is 1.67. The number of carboxylic acids is 1. The van der Waals surface area contributed by atoms with Crippen molar-refractivity contribution in [3.8, 4) is 0 Å². The van der Waals surface area contributed by atoms with Gasteiger partial charge in [0.2, 0.25) is 0 Å². The third-order valence-corrected chi connectivity index (χ3v) is 3.62. The van der Waals surface area contributed by atoms with Crippen LogP contribution in [0.2, 0.25) is 0 Å². The lowest BCUT2D eigenvalue weighted by atomic mass is 9.99. The Hall–Kier alpha value is -1.88. The summed E-state index contributed by atoms with van der Waals surface area (Å²) in [5.41, 5.74) is 3.17. The van der Waals surface area contributed by atoms with Gasteiger partial charge in [-0.05, 0) is 18.1 Å². The zero-order valence-corrected chi connectivity index (χ0v) is 10.1. The van der Waals surface area contributed by atoms with Crippen LogP contribution < -0.4 is 5.32 Å². The summed E-state index contributed by atoms with van der Waals surface area (Å²) in [6.07, 6.45) is 2.43. The van der Waals surface area contributed by atoms with E-state index in [1.807, 2.05) is 29.8 Å². The Balaban J connectivity index is 2.00. The van der Waals surface area contributed by atoms with Gasteiger partial charge in [-0.25, -0.2) is 4.98 Å². The molecule has 1 fully saturated rings. The number of aliphatic carboxylic acids is 1. The first-order valence-electron chi connectivity index (χ1n) is 6.03. The van der Waals surface area contributed by atoms with Gasteiger partial charge in [0.1, 0.15) is 0 Å². The Morgan fingerprint density at radius 3 is 3.11 bits per heavy atom. The maximum Gasteiger partial charge on any atom is 0.307 e. The number of aryl methyl sites for hydroxylation is 1. The molecule has 94 valence electrons. The van der Waals surface area contributed by atoms with Gasteiger partial charge >= 0.3 is 5.97 Å². The van der Waals surface area contributed by atoms with E-state index in [2.05, 4.69) is 10.3 Å². The third-order valence-electron chi connectivity index (χ3n) is 3.62. The summed E-state index contributed by atoms with van der Waals surface area (Å²) in [4.78, 5) is 15.3. The number of aromatic nitrogens is 2. The van der Waals surface area contributed by atoms with E-state index in [4.69, 9.17) is 5.11 Å². The van der Waals surface area contributed by atoms with Crippen LogP contribution >= 0.6 is 0 Å². The lowest BCUT2D eigenvalue weighted by Gasteiger charge is -2.12. The molecule has 1 aromatic heterocycles. The fourth-order valence-electron chi connectivity index (χ4n) is 2.69. The highest BCUT2D eigenvalue weighted by atomic mass is 16.4. The lowest BCUT2D eigenvalue weighted by molar-refractivity contribution is -0.141. The van der Waals surface area contributed by atoms with Gasteiger partial charge in [-0.3, -0.25) is 4.79 Å². The Kier molecular flexibility index (Phi) is 2.56. The number of rotatable bonds is 2. The monoisotopic (exact) mass is 245 g/mol. The quantitative estimate of drug-likeness (QED) is 0.837. The van der Waals surface area contributed by atoms with Crippen LogP contribution in [-0.4, -0.2) is 27.2 Å². The molecule has 1 aliphatic rings. The molecule has 0 spiro atoms. The molecule has 2 aromatic rings. The van der Waals surface area contributed by atoms with E-state index < -0.39 is 5.97 Å². The Bertz CT molecular complexity index is 605. The smallest absolute Gasteiger partial charge is 0.307 e. The molecule has 0 aliphatic carbocycles. The summed E-state index contributed by atoms with van der Waals surface area (Å²) in [5, 5.41) is 12.3.